The van der Waals surface area contributed by atoms with Crippen LogP contribution in [0.3, 0.4) is 0 Å². The molecule has 1 aliphatic rings. The number of benzene rings is 1. The van der Waals surface area contributed by atoms with Gasteiger partial charge in [0.1, 0.15) is 0 Å². The lowest BCUT2D eigenvalue weighted by molar-refractivity contribution is -0.142. The van der Waals surface area contributed by atoms with Crippen LogP contribution in [0.25, 0.3) is 0 Å². The third-order valence-corrected chi connectivity index (χ3v) is 5.78. The molecule has 0 amide bonds. The maximum atomic E-state index is 13.1. The highest BCUT2D eigenvalue weighted by Crippen LogP contribution is 2.36. The van der Waals surface area contributed by atoms with Gasteiger partial charge in [0.2, 0.25) is 0 Å². The molecule has 1 aliphatic heterocycles. The van der Waals surface area contributed by atoms with Crippen molar-refractivity contribution in [2.24, 2.45) is 0 Å². The van der Waals surface area contributed by atoms with Gasteiger partial charge in [-0.05, 0) is 38.0 Å². The minimum absolute atomic E-state index is 0.128. The highest BCUT2D eigenvalue weighted by molar-refractivity contribution is 6.32. The van der Waals surface area contributed by atoms with Crippen LogP contribution in [0, 0.1) is 20.8 Å². The van der Waals surface area contributed by atoms with E-state index in [0.717, 1.165) is 10.4 Å². The molecule has 0 aliphatic carbocycles. The number of hydrogen-bond acceptors (Lipinski definition) is 4. The Bertz CT molecular complexity index is 873. The lowest BCUT2D eigenvalue weighted by Crippen LogP contribution is -2.49. The number of carbonyl (C=O) groups is 1. The van der Waals surface area contributed by atoms with Crippen molar-refractivity contribution in [2.45, 2.75) is 33.1 Å². The number of anilines is 1. The zero-order chi connectivity index (χ0) is 20.6. The number of rotatable bonds is 4. The van der Waals surface area contributed by atoms with Gasteiger partial charge in [0, 0.05) is 31.9 Å². The average molecular weight is 415 g/mol. The van der Waals surface area contributed by atoms with Crippen LogP contribution in [0.1, 0.15) is 28.7 Å². The maximum absolute atomic E-state index is 13.1. The molecule has 1 fully saturated rings. The number of halogens is 4. The van der Waals surface area contributed by atoms with E-state index < -0.39 is 23.1 Å². The minimum atomic E-state index is -4.66. The molecule has 1 saturated heterocycles. The quantitative estimate of drug-likeness (QED) is 0.709. The van der Waals surface area contributed by atoms with Crippen molar-refractivity contribution in [3.05, 3.63) is 45.7 Å². The summed E-state index contributed by atoms with van der Waals surface area (Å²) in [5, 5.41) is 3.14. The third kappa shape index (κ3) is 3.75. The fraction of sp³-hybridized carbons (Fsp3) is 0.474. The molecule has 2 heterocycles. The number of aryl methyl sites for hydroxylation is 1. The molecule has 9 heteroatoms. The summed E-state index contributed by atoms with van der Waals surface area (Å²) in [5.74, 6) is 0. The molecule has 28 heavy (non-hydrogen) atoms. The summed E-state index contributed by atoms with van der Waals surface area (Å²) in [6, 6.07) is 6.12. The van der Waals surface area contributed by atoms with Gasteiger partial charge in [-0.1, -0.05) is 23.7 Å². The standard InChI is InChI=1S/C19H22ClF3N4O/c1-12-5-4-6-15(13(12)2)25-7-9-26(10-8-25)16(11-28)27-14(3)17(20)18(24-27)19(21,22)23/h4-6,11,16H,7-10H2,1-3H3. The zero-order valence-electron chi connectivity index (χ0n) is 15.9. The normalized spacial score (nSPS) is 17.0. The fourth-order valence-electron chi connectivity index (χ4n) is 3.54. The molecule has 0 radical (unpaired) electrons. The smallest absolute Gasteiger partial charge is 0.369 e. The van der Waals surface area contributed by atoms with Crippen LogP contribution in [0.4, 0.5) is 18.9 Å². The van der Waals surface area contributed by atoms with Crippen LogP contribution in [0.5, 0.6) is 0 Å². The Morgan fingerprint density at radius 3 is 2.32 bits per heavy atom. The van der Waals surface area contributed by atoms with Crippen LogP contribution >= 0.6 is 11.6 Å². The maximum Gasteiger partial charge on any atom is 0.436 e. The highest BCUT2D eigenvalue weighted by Gasteiger charge is 2.39. The van der Waals surface area contributed by atoms with E-state index in [1.807, 2.05) is 11.0 Å². The Balaban J connectivity index is 1.79. The molecule has 0 spiro atoms. The molecular formula is C19H22ClF3N4O. The van der Waals surface area contributed by atoms with Gasteiger partial charge in [-0.2, -0.15) is 18.3 Å². The second-order valence-electron chi connectivity index (χ2n) is 6.98. The molecule has 152 valence electrons. The van der Waals surface area contributed by atoms with Gasteiger partial charge in [-0.3, -0.25) is 9.69 Å². The van der Waals surface area contributed by atoms with E-state index in [-0.39, 0.29) is 5.69 Å². The number of alkyl halides is 3. The van der Waals surface area contributed by atoms with Crippen LogP contribution < -0.4 is 4.90 Å². The molecule has 3 rings (SSSR count). The molecule has 0 N–H and O–H groups in total. The predicted molar refractivity (Wildman–Crippen MR) is 102 cm³/mol. The van der Waals surface area contributed by atoms with Crippen LogP contribution in [0.2, 0.25) is 5.02 Å². The second kappa shape index (κ2) is 7.75. The van der Waals surface area contributed by atoms with Crippen molar-refractivity contribution in [2.75, 3.05) is 31.1 Å². The van der Waals surface area contributed by atoms with E-state index >= 15 is 0 Å². The highest BCUT2D eigenvalue weighted by atomic mass is 35.5. The first-order chi connectivity index (χ1) is 13.1. The zero-order valence-corrected chi connectivity index (χ0v) is 16.7. The first kappa shape index (κ1) is 20.7. The molecule has 0 saturated carbocycles. The number of aldehydes is 1. The van der Waals surface area contributed by atoms with E-state index in [4.69, 9.17) is 11.6 Å². The SMILES string of the molecule is Cc1cccc(N2CCN(C(C=O)n3nc(C(F)(F)F)c(Cl)c3C)CC2)c1C. The van der Waals surface area contributed by atoms with Crippen molar-refractivity contribution in [3.63, 3.8) is 0 Å². The largest absolute Gasteiger partial charge is 0.436 e. The molecule has 1 unspecified atom stereocenters. The van der Waals surface area contributed by atoms with Gasteiger partial charge in [-0.25, -0.2) is 4.68 Å². The average Bonchev–Trinajstić information content (AvgIpc) is 2.95. The number of hydrogen-bond donors (Lipinski definition) is 0. The van der Waals surface area contributed by atoms with Crippen molar-refractivity contribution in [1.29, 1.82) is 0 Å². The number of nitrogens with zero attached hydrogens (tertiary/aromatic N) is 4. The molecular weight excluding hydrogens is 393 g/mol. The van der Waals surface area contributed by atoms with Crippen LogP contribution in [-0.4, -0.2) is 47.1 Å². The molecule has 1 aromatic heterocycles. The van der Waals surface area contributed by atoms with Crippen molar-refractivity contribution >= 4 is 23.6 Å². The summed E-state index contributed by atoms with van der Waals surface area (Å²) in [6.45, 7) is 7.93. The lowest BCUT2D eigenvalue weighted by atomic mass is 10.1. The lowest BCUT2D eigenvalue weighted by Gasteiger charge is -2.39. The van der Waals surface area contributed by atoms with Crippen molar-refractivity contribution < 1.29 is 18.0 Å². The van der Waals surface area contributed by atoms with Gasteiger partial charge in [0.25, 0.3) is 0 Å². The van der Waals surface area contributed by atoms with E-state index in [1.54, 1.807) is 0 Å². The van der Waals surface area contributed by atoms with Gasteiger partial charge < -0.3 is 4.90 Å². The number of piperazine rings is 1. The van der Waals surface area contributed by atoms with E-state index in [2.05, 4.69) is 36.0 Å². The third-order valence-electron chi connectivity index (χ3n) is 5.32. The van der Waals surface area contributed by atoms with Crippen LogP contribution in [0.15, 0.2) is 18.2 Å². The molecule has 5 nitrogen and oxygen atoms in total. The monoisotopic (exact) mass is 414 g/mol. The first-order valence-electron chi connectivity index (χ1n) is 8.97. The Morgan fingerprint density at radius 1 is 1.14 bits per heavy atom. The topological polar surface area (TPSA) is 41.4 Å². The molecule has 1 aromatic carbocycles. The van der Waals surface area contributed by atoms with E-state index in [9.17, 15) is 18.0 Å². The molecule has 2 aromatic rings. The van der Waals surface area contributed by atoms with Gasteiger partial charge in [0.05, 0.1) is 10.7 Å². The minimum Gasteiger partial charge on any atom is -0.369 e. The first-order valence-corrected chi connectivity index (χ1v) is 9.35. The Labute approximate surface area is 166 Å². The fourth-order valence-corrected chi connectivity index (χ4v) is 3.77. The van der Waals surface area contributed by atoms with Gasteiger partial charge in [0.15, 0.2) is 18.1 Å². The predicted octanol–water partition coefficient (Wildman–Crippen LogP) is 4.00. The van der Waals surface area contributed by atoms with Crippen molar-refractivity contribution in [3.8, 4) is 0 Å². The van der Waals surface area contributed by atoms with Gasteiger partial charge >= 0.3 is 6.18 Å². The molecule has 0 bridgehead atoms. The molecule has 1 atom stereocenters. The summed E-state index contributed by atoms with van der Waals surface area (Å²) < 4.78 is 40.4. The van der Waals surface area contributed by atoms with Gasteiger partial charge in [-0.15, -0.1) is 0 Å². The van der Waals surface area contributed by atoms with E-state index in [1.165, 1.54) is 18.1 Å². The Morgan fingerprint density at radius 2 is 1.79 bits per heavy atom. The van der Waals surface area contributed by atoms with Crippen molar-refractivity contribution in [1.82, 2.24) is 14.7 Å². The Kier molecular flexibility index (Phi) is 5.72. The summed E-state index contributed by atoms with van der Waals surface area (Å²) in [6.07, 6.45) is -4.97. The summed E-state index contributed by atoms with van der Waals surface area (Å²) in [5.41, 5.74) is 2.51. The number of aromatic nitrogens is 2. The number of carbonyl (C=O) groups excluding carboxylic acids is 1. The Hall–Kier alpha value is -2.06. The second-order valence-corrected chi connectivity index (χ2v) is 7.36. The summed E-state index contributed by atoms with van der Waals surface area (Å²) in [7, 11) is 0. The van der Waals surface area contributed by atoms with Crippen LogP contribution in [-0.2, 0) is 11.0 Å². The summed E-state index contributed by atoms with van der Waals surface area (Å²) in [4.78, 5) is 15.8. The summed E-state index contributed by atoms with van der Waals surface area (Å²) >= 11 is 5.83. The van der Waals surface area contributed by atoms with E-state index in [0.29, 0.717) is 32.5 Å².